The van der Waals surface area contributed by atoms with Gasteiger partial charge in [-0.1, -0.05) is 18.2 Å². The third kappa shape index (κ3) is 3.28. The summed E-state index contributed by atoms with van der Waals surface area (Å²) in [4.78, 5) is 31.9. The molecular weight excluding hydrogens is 412 g/mol. The minimum absolute atomic E-state index is 0.228. The van der Waals surface area contributed by atoms with Crippen molar-refractivity contribution in [1.29, 1.82) is 0 Å². The first-order chi connectivity index (χ1) is 15.5. The number of ether oxygens (including phenoxy) is 4. The smallest absolute Gasteiger partial charge is 0.345 e. The van der Waals surface area contributed by atoms with Crippen LogP contribution in [0.2, 0.25) is 0 Å². The third-order valence-electron chi connectivity index (χ3n) is 5.92. The first-order valence-electron chi connectivity index (χ1n) is 10.4. The van der Waals surface area contributed by atoms with Gasteiger partial charge in [-0.15, -0.1) is 0 Å². The van der Waals surface area contributed by atoms with Crippen molar-refractivity contribution in [3.8, 4) is 17.2 Å². The number of nitrogens with zero attached hydrogens (tertiary/aromatic N) is 2. The fourth-order valence-corrected chi connectivity index (χ4v) is 4.22. The van der Waals surface area contributed by atoms with E-state index < -0.39 is 11.8 Å². The summed E-state index contributed by atoms with van der Waals surface area (Å²) in [6, 6.07) is 14.2. The van der Waals surface area contributed by atoms with Crippen molar-refractivity contribution in [1.82, 2.24) is 9.88 Å². The molecule has 0 unspecified atom stereocenters. The summed E-state index contributed by atoms with van der Waals surface area (Å²) < 4.78 is 22.6. The van der Waals surface area contributed by atoms with Crippen molar-refractivity contribution < 1.29 is 28.5 Å². The van der Waals surface area contributed by atoms with Crippen molar-refractivity contribution in [2.24, 2.45) is 0 Å². The maximum atomic E-state index is 13.3. The number of benzene rings is 2. The maximum absolute atomic E-state index is 13.3. The number of hydrogen-bond acceptors (Lipinski definition) is 7. The number of pyridine rings is 1. The van der Waals surface area contributed by atoms with E-state index >= 15 is 0 Å². The molecule has 32 heavy (non-hydrogen) atoms. The summed E-state index contributed by atoms with van der Waals surface area (Å²) in [5.41, 5.74) is 1.24. The van der Waals surface area contributed by atoms with E-state index in [1.807, 2.05) is 18.2 Å². The number of rotatable bonds is 3. The van der Waals surface area contributed by atoms with Crippen LogP contribution in [-0.4, -0.2) is 54.9 Å². The van der Waals surface area contributed by atoms with E-state index in [0.717, 1.165) is 5.39 Å². The van der Waals surface area contributed by atoms with Gasteiger partial charge in [-0.3, -0.25) is 4.79 Å². The molecule has 0 atom stereocenters. The molecule has 0 radical (unpaired) electrons. The second-order valence-corrected chi connectivity index (χ2v) is 7.76. The summed E-state index contributed by atoms with van der Waals surface area (Å²) in [6.45, 7) is 0.727. The number of hydrogen-bond donors (Lipinski definition) is 0. The van der Waals surface area contributed by atoms with E-state index in [2.05, 4.69) is 4.98 Å². The monoisotopic (exact) mass is 434 g/mol. The fraction of sp³-hybridized carbons (Fsp3) is 0.292. The summed E-state index contributed by atoms with van der Waals surface area (Å²) in [5.74, 6) is -0.0641. The molecule has 3 aromatic rings. The van der Waals surface area contributed by atoms with E-state index in [-0.39, 0.29) is 11.6 Å². The van der Waals surface area contributed by atoms with E-state index in [1.165, 1.54) is 0 Å². The normalized spacial score (nSPS) is 16.8. The molecule has 1 saturated heterocycles. The molecule has 2 aromatic carbocycles. The first kappa shape index (κ1) is 20.1. The number of fused-ring (bicyclic) bond motifs is 2. The van der Waals surface area contributed by atoms with E-state index in [9.17, 15) is 9.59 Å². The molecule has 1 fully saturated rings. The van der Waals surface area contributed by atoms with Crippen LogP contribution in [0.1, 0.15) is 33.7 Å². The van der Waals surface area contributed by atoms with Crippen molar-refractivity contribution in [3.05, 3.63) is 59.8 Å². The summed E-state index contributed by atoms with van der Waals surface area (Å²) in [7, 11) is 3.12. The second kappa shape index (κ2) is 7.71. The molecular formula is C24H22N2O6. The second-order valence-electron chi connectivity index (χ2n) is 7.76. The number of aromatic nitrogens is 1. The molecule has 1 amide bonds. The molecule has 5 rings (SSSR count). The zero-order valence-electron chi connectivity index (χ0n) is 17.8. The Balaban J connectivity index is 1.38. The van der Waals surface area contributed by atoms with Gasteiger partial charge in [-0.25, -0.2) is 9.78 Å². The lowest BCUT2D eigenvalue weighted by Crippen LogP contribution is -2.53. The average Bonchev–Trinajstić information content (AvgIpc) is 2.83. The van der Waals surface area contributed by atoms with Crippen LogP contribution in [0.15, 0.2) is 48.5 Å². The van der Waals surface area contributed by atoms with Crippen LogP contribution in [0.4, 0.5) is 0 Å². The summed E-state index contributed by atoms with van der Waals surface area (Å²) in [6.07, 6.45) is 0.736. The van der Waals surface area contributed by atoms with Gasteiger partial charge in [0.25, 0.3) is 11.7 Å². The molecule has 0 aliphatic carbocycles. The van der Waals surface area contributed by atoms with Gasteiger partial charge in [0.05, 0.1) is 14.2 Å². The van der Waals surface area contributed by atoms with Crippen LogP contribution in [0.5, 0.6) is 17.2 Å². The molecule has 1 spiro atoms. The summed E-state index contributed by atoms with van der Waals surface area (Å²) >= 11 is 0. The zero-order valence-corrected chi connectivity index (χ0v) is 17.8. The van der Waals surface area contributed by atoms with Crippen molar-refractivity contribution in [2.45, 2.75) is 18.6 Å². The number of amides is 1. The molecule has 3 heterocycles. The van der Waals surface area contributed by atoms with Crippen LogP contribution in [0.3, 0.4) is 0 Å². The van der Waals surface area contributed by atoms with Crippen LogP contribution < -0.4 is 14.2 Å². The predicted molar refractivity (Wildman–Crippen MR) is 115 cm³/mol. The number of methoxy groups -OCH3 is 2. The highest BCUT2D eigenvalue weighted by atomic mass is 16.7. The molecule has 0 saturated carbocycles. The Morgan fingerprint density at radius 2 is 1.75 bits per heavy atom. The van der Waals surface area contributed by atoms with E-state index in [4.69, 9.17) is 18.9 Å². The standard InChI is InChI=1S/C24H22N2O6/c1-29-19-9-5-7-15-20(30-2)14-17(25-21(15)19)22(27)26-12-10-24(11-13-26)31-18-8-4-3-6-16(18)23(28)32-24/h3-9,14H,10-13H2,1-2H3. The predicted octanol–water partition coefficient (Wildman–Crippen LogP) is 3.43. The maximum Gasteiger partial charge on any atom is 0.345 e. The molecule has 2 aliphatic heterocycles. The minimum Gasteiger partial charge on any atom is -0.496 e. The molecule has 1 aromatic heterocycles. The minimum atomic E-state index is -1.06. The van der Waals surface area contributed by atoms with Crippen molar-refractivity contribution >= 4 is 22.8 Å². The van der Waals surface area contributed by atoms with Gasteiger partial charge in [0.2, 0.25) is 0 Å². The Labute approximate surface area is 184 Å². The highest BCUT2D eigenvalue weighted by molar-refractivity contribution is 5.98. The number of carbonyl (C=O) groups excluding carboxylic acids is 2. The first-order valence-corrected chi connectivity index (χ1v) is 10.4. The SMILES string of the molecule is COc1cc(C(=O)N2CCC3(CC2)OC(=O)c2ccccc2O3)nc2c(OC)cccc12. The number of carbonyl (C=O) groups is 2. The van der Waals surface area contributed by atoms with Crippen molar-refractivity contribution in [2.75, 3.05) is 27.3 Å². The van der Waals surface area contributed by atoms with Gasteiger partial charge < -0.3 is 23.8 Å². The summed E-state index contributed by atoms with van der Waals surface area (Å²) in [5, 5.41) is 0.766. The van der Waals surface area contributed by atoms with Crippen LogP contribution in [0, 0.1) is 0 Å². The van der Waals surface area contributed by atoms with Gasteiger partial charge in [-0.05, 0) is 24.3 Å². The largest absolute Gasteiger partial charge is 0.496 e. The quantitative estimate of drug-likeness (QED) is 0.584. The van der Waals surface area contributed by atoms with Crippen LogP contribution in [-0.2, 0) is 4.74 Å². The lowest BCUT2D eigenvalue weighted by Gasteiger charge is -2.43. The third-order valence-corrected chi connectivity index (χ3v) is 5.92. The lowest BCUT2D eigenvalue weighted by atomic mass is 10.0. The lowest BCUT2D eigenvalue weighted by molar-refractivity contribution is -0.177. The van der Waals surface area contributed by atoms with Gasteiger partial charge in [-0.2, -0.15) is 0 Å². The van der Waals surface area contributed by atoms with Gasteiger partial charge in [0.1, 0.15) is 34.0 Å². The van der Waals surface area contributed by atoms with Crippen LogP contribution in [0.25, 0.3) is 10.9 Å². The number of para-hydroxylation sites is 2. The Morgan fingerprint density at radius 1 is 1.00 bits per heavy atom. The highest BCUT2D eigenvalue weighted by Crippen LogP contribution is 2.38. The number of likely N-dealkylation sites (tertiary alicyclic amines) is 1. The molecule has 0 N–H and O–H groups in total. The number of piperidine rings is 1. The highest BCUT2D eigenvalue weighted by Gasteiger charge is 2.45. The van der Waals surface area contributed by atoms with Crippen LogP contribution >= 0.6 is 0 Å². The van der Waals surface area contributed by atoms with Gasteiger partial charge >= 0.3 is 5.97 Å². The molecule has 0 bridgehead atoms. The Hall–Kier alpha value is -3.81. The van der Waals surface area contributed by atoms with Crippen molar-refractivity contribution in [3.63, 3.8) is 0 Å². The Bertz CT molecular complexity index is 1220. The average molecular weight is 434 g/mol. The molecule has 8 nitrogen and oxygen atoms in total. The fourth-order valence-electron chi connectivity index (χ4n) is 4.22. The Kier molecular flexibility index (Phi) is 4.84. The molecule has 8 heteroatoms. The topological polar surface area (TPSA) is 87.2 Å². The Morgan fingerprint density at radius 3 is 2.50 bits per heavy atom. The van der Waals surface area contributed by atoms with E-state index in [1.54, 1.807) is 49.5 Å². The van der Waals surface area contributed by atoms with E-state index in [0.29, 0.717) is 54.3 Å². The van der Waals surface area contributed by atoms with Gasteiger partial charge in [0, 0.05) is 37.4 Å². The molecule has 164 valence electrons. The number of esters is 1. The molecule has 2 aliphatic rings. The zero-order chi connectivity index (χ0) is 22.3. The van der Waals surface area contributed by atoms with Gasteiger partial charge in [0.15, 0.2) is 0 Å².